The fraction of sp³-hybridized carbons (Fsp3) is 0. The summed E-state index contributed by atoms with van der Waals surface area (Å²) in [5, 5.41) is 0. The summed E-state index contributed by atoms with van der Waals surface area (Å²) in [5.74, 6) is 0. The van der Waals surface area contributed by atoms with E-state index in [2.05, 4.69) is 0 Å². The molecule has 0 aromatic carbocycles. The van der Waals surface area contributed by atoms with Crippen molar-refractivity contribution in [3.05, 3.63) is 0 Å². The summed E-state index contributed by atoms with van der Waals surface area (Å²) >= 11 is 0. The van der Waals surface area contributed by atoms with E-state index < -0.39 is 7.82 Å². The first-order chi connectivity index (χ1) is 2.00. The molecule has 6 heavy (non-hydrogen) atoms. The normalized spacial score (nSPS) is 9.83. The van der Waals surface area contributed by atoms with Gasteiger partial charge >= 0.3 is 7.82 Å². The minimum atomic E-state index is -4.64. The van der Waals surface area contributed by atoms with Crippen LogP contribution in [0.4, 0.5) is 0 Å². The molecule has 0 rings (SSSR count). The molecule has 0 saturated heterocycles. The van der Waals surface area contributed by atoms with Crippen molar-refractivity contribution in [3.63, 3.8) is 0 Å². The van der Waals surface area contributed by atoms with Crippen LogP contribution >= 0.6 is 7.82 Å². The SMILES string of the molecule is O=P(O)(O)O.[Pu]. The van der Waals surface area contributed by atoms with E-state index >= 15 is 0 Å². The second kappa shape index (κ2) is 3.14. The molecule has 0 amide bonds. The summed E-state index contributed by atoms with van der Waals surface area (Å²) in [6.45, 7) is 0. The average molecular weight is 342 g/mol. The van der Waals surface area contributed by atoms with Crippen molar-refractivity contribution in [1.82, 2.24) is 0 Å². The molecule has 0 fully saturated rings. The first-order valence-corrected chi connectivity index (χ1v) is 2.35. The van der Waals surface area contributed by atoms with Crippen molar-refractivity contribution >= 4 is 7.82 Å². The van der Waals surface area contributed by atoms with Crippen LogP contribution in [0.15, 0.2) is 0 Å². The molecular formula is H3O4PPu. The van der Waals surface area contributed by atoms with Crippen molar-refractivity contribution < 1.29 is 48.4 Å². The van der Waals surface area contributed by atoms with Crippen LogP contribution in [0.5, 0.6) is 0 Å². The van der Waals surface area contributed by atoms with Crippen LogP contribution in [-0.4, -0.2) is 14.7 Å². The van der Waals surface area contributed by atoms with Gasteiger partial charge in [0.05, 0.1) is 0 Å². The van der Waals surface area contributed by atoms with Gasteiger partial charge in [-0.05, 0) is 0 Å². The second-order valence-electron chi connectivity index (χ2n) is 0.513. The predicted octanol–water partition coefficient (Wildman–Crippen LogP) is -0.929. The maximum absolute atomic E-state index is 8.88. The summed E-state index contributed by atoms with van der Waals surface area (Å²) in [6, 6.07) is 0. The van der Waals surface area contributed by atoms with Gasteiger partial charge in [0.2, 0.25) is 0 Å². The van der Waals surface area contributed by atoms with E-state index in [1.54, 1.807) is 0 Å². The molecule has 0 aliphatic heterocycles. The van der Waals surface area contributed by atoms with Gasteiger partial charge in [-0.1, -0.05) is 0 Å². The van der Waals surface area contributed by atoms with Crippen LogP contribution in [-0.2, 0) is 4.57 Å². The molecule has 3 N–H and O–H groups in total. The van der Waals surface area contributed by atoms with E-state index in [-0.39, 0.29) is 29.2 Å². The van der Waals surface area contributed by atoms with E-state index in [1.807, 2.05) is 0 Å². The van der Waals surface area contributed by atoms with E-state index in [4.69, 9.17) is 19.2 Å². The molecule has 0 aliphatic rings. The first-order valence-electron chi connectivity index (χ1n) is 0.783. The number of rotatable bonds is 0. The molecule has 0 aromatic heterocycles. The van der Waals surface area contributed by atoms with E-state index in [0.29, 0.717) is 0 Å². The molecule has 0 atom stereocenters. The van der Waals surface area contributed by atoms with Crippen molar-refractivity contribution in [2.75, 3.05) is 0 Å². The van der Waals surface area contributed by atoms with Crippen LogP contribution in [0, 0.1) is 29.2 Å². The van der Waals surface area contributed by atoms with Crippen LogP contribution in [0.2, 0.25) is 0 Å². The number of phosphoric acid groups is 1. The van der Waals surface area contributed by atoms with Gasteiger partial charge in [-0.25, -0.2) is 4.57 Å². The molecule has 6 heteroatoms. The fourth-order valence-electron chi connectivity index (χ4n) is 0. The standard InChI is InChI=1S/H3O4P.Pu/c1-5(2,3)4;/h(H3,1,2,3,4);. The first kappa shape index (κ1) is 10.2. The Hall–Kier alpha value is 1.10. The van der Waals surface area contributed by atoms with Crippen LogP contribution < -0.4 is 0 Å². The molecular weight excluding hydrogens is 339 g/mol. The zero-order valence-corrected chi connectivity index (χ0v) is 6.90. The molecule has 0 heterocycles. The Bertz CT molecular complexity index is 53.7. The van der Waals surface area contributed by atoms with E-state index in [9.17, 15) is 0 Å². The Morgan fingerprint density at radius 3 is 1.17 bits per heavy atom. The molecule has 0 unspecified atom stereocenters. The summed E-state index contributed by atoms with van der Waals surface area (Å²) in [5.41, 5.74) is 0. The predicted molar refractivity (Wildman–Crippen MR) is 14.3 cm³/mol. The minimum absolute atomic E-state index is 0. The zero-order valence-electron chi connectivity index (χ0n) is 2.61. The monoisotopic (exact) mass is 336 g/mol. The molecule has 0 saturated carbocycles. The largest absolute Gasteiger partial charge is 0.466 e. The van der Waals surface area contributed by atoms with Crippen molar-refractivity contribution in [3.8, 4) is 0 Å². The van der Waals surface area contributed by atoms with Gasteiger partial charge < -0.3 is 14.7 Å². The Labute approximate surface area is 56.4 Å². The quantitative estimate of drug-likeness (QED) is 0.498. The van der Waals surface area contributed by atoms with Gasteiger partial charge in [0.15, 0.2) is 0 Å². The molecule has 0 bridgehead atoms. The van der Waals surface area contributed by atoms with Crippen molar-refractivity contribution in [2.24, 2.45) is 0 Å². The summed E-state index contributed by atoms with van der Waals surface area (Å²) < 4.78 is 8.88. The van der Waals surface area contributed by atoms with Gasteiger partial charge in [0, 0.05) is 29.2 Å². The number of hydrogen-bond acceptors (Lipinski definition) is 1. The zero-order chi connectivity index (χ0) is 4.50. The molecule has 38 valence electrons. The Balaban J connectivity index is 0. The van der Waals surface area contributed by atoms with Crippen molar-refractivity contribution in [1.29, 1.82) is 0 Å². The topological polar surface area (TPSA) is 77.8 Å². The summed E-state index contributed by atoms with van der Waals surface area (Å²) in [7, 11) is -4.64. The smallest absolute Gasteiger partial charge is 0.303 e. The third-order valence-corrected chi connectivity index (χ3v) is 0. The van der Waals surface area contributed by atoms with E-state index in [0.717, 1.165) is 0 Å². The maximum atomic E-state index is 8.88. The second-order valence-corrected chi connectivity index (χ2v) is 1.54. The minimum Gasteiger partial charge on any atom is -0.303 e. The van der Waals surface area contributed by atoms with Gasteiger partial charge in [-0.2, -0.15) is 0 Å². The third kappa shape index (κ3) is 71.1. The Morgan fingerprint density at radius 1 is 1.17 bits per heavy atom. The number of hydrogen-bond donors (Lipinski definition) is 3. The summed E-state index contributed by atoms with van der Waals surface area (Å²) in [4.78, 5) is 21.6. The Morgan fingerprint density at radius 2 is 1.17 bits per heavy atom. The molecule has 4 nitrogen and oxygen atoms in total. The molecule has 0 radical (unpaired) electrons. The molecule has 0 spiro atoms. The van der Waals surface area contributed by atoms with Crippen LogP contribution in [0.1, 0.15) is 0 Å². The van der Waals surface area contributed by atoms with Gasteiger partial charge in [0.1, 0.15) is 0 Å². The molecule has 0 aliphatic carbocycles. The maximum Gasteiger partial charge on any atom is 0.466 e. The van der Waals surface area contributed by atoms with Gasteiger partial charge in [-0.3, -0.25) is 0 Å². The van der Waals surface area contributed by atoms with E-state index in [1.165, 1.54) is 0 Å². The fourth-order valence-corrected chi connectivity index (χ4v) is 0. The summed E-state index contributed by atoms with van der Waals surface area (Å²) in [6.07, 6.45) is 0. The third-order valence-electron chi connectivity index (χ3n) is 0. The average Bonchev–Trinajstić information content (AvgIpc) is 0.722. The molecule has 0 aromatic rings. The van der Waals surface area contributed by atoms with Crippen LogP contribution in [0.25, 0.3) is 0 Å². The van der Waals surface area contributed by atoms with Gasteiger partial charge in [-0.15, -0.1) is 0 Å². The van der Waals surface area contributed by atoms with Gasteiger partial charge in [0.25, 0.3) is 0 Å². The van der Waals surface area contributed by atoms with Crippen LogP contribution in [0.3, 0.4) is 0 Å². The van der Waals surface area contributed by atoms with Crippen molar-refractivity contribution in [2.45, 2.75) is 0 Å². The Kier molecular flexibility index (Phi) is 5.32.